The Morgan fingerprint density at radius 3 is 1.77 bits per heavy atom. The number of benzene rings is 1. The summed E-state index contributed by atoms with van der Waals surface area (Å²) in [5.74, 6) is 1.68. The van der Waals surface area contributed by atoms with Crippen LogP contribution in [0.4, 0.5) is 5.69 Å². The molecule has 0 spiro atoms. The summed E-state index contributed by atoms with van der Waals surface area (Å²) in [5, 5.41) is 0.563. The Kier molecular flexibility index (Phi) is 10.5. The van der Waals surface area contributed by atoms with Crippen LogP contribution in [0.15, 0.2) is 24.3 Å². The van der Waals surface area contributed by atoms with Gasteiger partial charge in [-0.2, -0.15) is 0 Å². The molecule has 0 N–H and O–H groups in total. The summed E-state index contributed by atoms with van der Waals surface area (Å²) in [7, 11) is -1.57. The van der Waals surface area contributed by atoms with Gasteiger partial charge in [-0.25, -0.2) is 0 Å². The van der Waals surface area contributed by atoms with Crippen LogP contribution < -0.4 is 9.64 Å². The van der Waals surface area contributed by atoms with E-state index in [-0.39, 0.29) is 10.1 Å². The molecule has 1 saturated heterocycles. The van der Waals surface area contributed by atoms with E-state index in [1.807, 2.05) is 0 Å². The van der Waals surface area contributed by atoms with Crippen molar-refractivity contribution >= 4 is 22.3 Å². The third kappa shape index (κ3) is 8.34. The summed E-state index contributed by atoms with van der Waals surface area (Å²) >= 11 is 0. The Hall–Kier alpha value is -0.826. The fourth-order valence-corrected chi connectivity index (χ4v) is 6.44. The molecule has 4 nitrogen and oxygen atoms in total. The molecule has 1 fully saturated rings. The molecule has 202 valence electrons. The number of unbranched alkanes of at least 4 members (excludes halogenated alkanes) is 1. The number of rotatable bonds is 13. The molecule has 1 aromatic rings. The van der Waals surface area contributed by atoms with Gasteiger partial charge in [0.2, 0.25) is 0 Å². The van der Waals surface area contributed by atoms with E-state index in [1.54, 1.807) is 7.11 Å². The average Bonchev–Trinajstić information content (AvgIpc) is 2.73. The van der Waals surface area contributed by atoms with Gasteiger partial charge in [-0.05, 0) is 98.6 Å². The molecule has 0 aliphatic carbocycles. The quantitative estimate of drug-likeness (QED) is 0.192. The van der Waals surface area contributed by atoms with E-state index in [2.05, 4.69) is 96.9 Å². The lowest BCUT2D eigenvalue weighted by Gasteiger charge is -2.50. The molecular formula is C29H55NO3Si2. The Labute approximate surface area is 219 Å². The van der Waals surface area contributed by atoms with Gasteiger partial charge < -0.3 is 18.5 Å². The van der Waals surface area contributed by atoms with Gasteiger partial charge in [-0.3, -0.25) is 0 Å². The first kappa shape index (κ1) is 30.4. The molecule has 0 saturated carbocycles. The monoisotopic (exact) mass is 521 g/mol. The lowest BCUT2D eigenvalue weighted by Crippen LogP contribution is -2.56. The normalized spacial score (nSPS) is 19.6. The van der Waals surface area contributed by atoms with E-state index in [1.165, 1.54) is 31.4 Å². The maximum atomic E-state index is 6.46. The minimum absolute atomic E-state index is 0.281. The van der Waals surface area contributed by atoms with Crippen molar-refractivity contribution in [1.29, 1.82) is 0 Å². The molecule has 0 bridgehead atoms. The second kappa shape index (κ2) is 12.1. The smallest absolute Gasteiger partial charge is 0.191 e. The van der Waals surface area contributed by atoms with Crippen LogP contribution >= 0.6 is 0 Å². The molecule has 1 heterocycles. The molecule has 0 amide bonds. The van der Waals surface area contributed by atoms with Gasteiger partial charge in [-0.1, -0.05) is 41.5 Å². The Bertz CT molecular complexity index is 766. The summed E-state index contributed by atoms with van der Waals surface area (Å²) < 4.78 is 18.3. The fourth-order valence-electron chi connectivity index (χ4n) is 4.26. The van der Waals surface area contributed by atoms with Crippen molar-refractivity contribution in [3.05, 3.63) is 24.3 Å². The molecule has 0 aromatic heterocycles. The van der Waals surface area contributed by atoms with Gasteiger partial charge in [0.15, 0.2) is 16.6 Å². The predicted molar refractivity (Wildman–Crippen MR) is 157 cm³/mol. The van der Waals surface area contributed by atoms with Crippen LogP contribution in [0, 0.1) is 5.92 Å². The summed E-state index contributed by atoms with van der Waals surface area (Å²) in [6.45, 7) is 26.3. The lowest BCUT2D eigenvalue weighted by atomic mass is 9.81. The summed E-state index contributed by atoms with van der Waals surface area (Å²) in [5.41, 5.74) is 1.32. The largest absolute Gasteiger partial charge is 0.497 e. The molecule has 0 radical (unpaired) electrons. The van der Waals surface area contributed by atoms with Crippen molar-refractivity contribution < 1.29 is 13.6 Å². The minimum atomic E-state index is -1.65. The fraction of sp³-hybridized carbons (Fsp3) is 0.793. The van der Waals surface area contributed by atoms with Gasteiger partial charge in [0.1, 0.15) is 5.75 Å². The summed E-state index contributed by atoms with van der Waals surface area (Å²) in [6.07, 6.45) is 6.04. The molecule has 1 aromatic carbocycles. The van der Waals surface area contributed by atoms with Crippen LogP contribution in [0.2, 0.25) is 36.3 Å². The first-order valence-electron chi connectivity index (χ1n) is 13.8. The Morgan fingerprint density at radius 2 is 1.29 bits per heavy atom. The molecule has 2 rings (SSSR count). The third-order valence-corrected chi connectivity index (χ3v) is 18.0. The highest BCUT2D eigenvalue weighted by molar-refractivity contribution is 6.74. The number of anilines is 1. The number of methoxy groups -OCH3 is 1. The summed E-state index contributed by atoms with van der Waals surface area (Å²) in [6, 6.07) is 9.20. The SMILES string of the molecule is COc1ccc(N2C[C@@H](CCCO[Si](C)(C)C(C)(C)C)[C@H]2CCCCO[Si](C)(C)C(C)(C)C)cc1. The van der Waals surface area contributed by atoms with E-state index < -0.39 is 16.6 Å². The Balaban J connectivity index is 1.89. The van der Waals surface area contributed by atoms with Crippen molar-refractivity contribution in [2.45, 2.75) is 116 Å². The first-order valence-corrected chi connectivity index (χ1v) is 19.6. The van der Waals surface area contributed by atoms with Gasteiger partial charge in [0.05, 0.1) is 7.11 Å². The molecule has 35 heavy (non-hydrogen) atoms. The van der Waals surface area contributed by atoms with Crippen LogP contribution in [0.3, 0.4) is 0 Å². The van der Waals surface area contributed by atoms with E-state index >= 15 is 0 Å². The van der Waals surface area contributed by atoms with Crippen LogP contribution in [-0.2, 0) is 8.85 Å². The second-order valence-electron chi connectivity index (χ2n) is 13.5. The van der Waals surface area contributed by atoms with Crippen molar-refractivity contribution in [3.8, 4) is 5.75 Å². The lowest BCUT2D eigenvalue weighted by molar-refractivity contribution is 0.214. The average molecular weight is 522 g/mol. The summed E-state index contributed by atoms with van der Waals surface area (Å²) in [4.78, 5) is 2.60. The zero-order valence-electron chi connectivity index (χ0n) is 24.8. The molecule has 1 aliphatic rings. The Morgan fingerprint density at radius 1 is 0.771 bits per heavy atom. The van der Waals surface area contributed by atoms with Crippen molar-refractivity contribution in [1.82, 2.24) is 0 Å². The van der Waals surface area contributed by atoms with Gasteiger partial charge in [0, 0.05) is 31.5 Å². The molecule has 2 atom stereocenters. The third-order valence-electron chi connectivity index (χ3n) is 8.93. The van der Waals surface area contributed by atoms with E-state index in [4.69, 9.17) is 13.6 Å². The van der Waals surface area contributed by atoms with Crippen LogP contribution in [0.5, 0.6) is 5.75 Å². The van der Waals surface area contributed by atoms with Crippen LogP contribution in [-0.4, -0.2) is 49.5 Å². The first-order chi connectivity index (χ1) is 16.1. The van der Waals surface area contributed by atoms with Crippen LogP contribution in [0.1, 0.15) is 73.6 Å². The second-order valence-corrected chi connectivity index (χ2v) is 23.2. The van der Waals surface area contributed by atoms with Crippen LogP contribution in [0.25, 0.3) is 0 Å². The molecular weight excluding hydrogens is 466 g/mol. The maximum Gasteiger partial charge on any atom is 0.191 e. The molecule has 0 unspecified atom stereocenters. The zero-order chi connectivity index (χ0) is 26.5. The maximum absolute atomic E-state index is 6.46. The van der Waals surface area contributed by atoms with E-state index in [0.717, 1.165) is 37.8 Å². The standard InChI is InChI=1S/C29H55NO3Si2/c1-28(2,3)34(8,9)32-21-13-12-16-27-24(15-14-22-33-35(10,11)29(4,5)6)23-30(27)25-17-19-26(31-7)20-18-25/h17-20,24,27H,12-16,21-23H2,1-11H3/t24-,27-/m1/s1. The number of ether oxygens (including phenoxy) is 1. The van der Waals surface area contributed by atoms with E-state index in [9.17, 15) is 0 Å². The van der Waals surface area contributed by atoms with Crippen molar-refractivity contribution in [3.63, 3.8) is 0 Å². The highest BCUT2D eigenvalue weighted by Gasteiger charge is 2.40. The number of hydrogen-bond acceptors (Lipinski definition) is 4. The number of nitrogens with zero attached hydrogens (tertiary/aromatic N) is 1. The highest BCUT2D eigenvalue weighted by Crippen LogP contribution is 2.40. The zero-order valence-corrected chi connectivity index (χ0v) is 26.8. The van der Waals surface area contributed by atoms with Gasteiger partial charge in [0.25, 0.3) is 0 Å². The number of hydrogen-bond donors (Lipinski definition) is 0. The minimum Gasteiger partial charge on any atom is -0.497 e. The van der Waals surface area contributed by atoms with Crippen molar-refractivity contribution in [2.24, 2.45) is 5.92 Å². The van der Waals surface area contributed by atoms with Gasteiger partial charge in [-0.15, -0.1) is 0 Å². The highest BCUT2D eigenvalue weighted by atomic mass is 28.4. The van der Waals surface area contributed by atoms with Crippen molar-refractivity contribution in [2.75, 3.05) is 31.8 Å². The molecule has 6 heteroatoms. The molecule has 1 aliphatic heterocycles. The topological polar surface area (TPSA) is 30.9 Å². The predicted octanol–water partition coefficient (Wildman–Crippen LogP) is 8.49. The van der Waals surface area contributed by atoms with Gasteiger partial charge >= 0.3 is 0 Å². The van der Waals surface area contributed by atoms with E-state index in [0.29, 0.717) is 6.04 Å².